The molecule has 0 atom stereocenters. The van der Waals surface area contributed by atoms with Crippen molar-refractivity contribution in [3.8, 4) is 0 Å². The van der Waals surface area contributed by atoms with Crippen LogP contribution in [0.25, 0.3) is 0 Å². The van der Waals surface area contributed by atoms with Gasteiger partial charge in [0, 0.05) is 6.42 Å². The predicted molar refractivity (Wildman–Crippen MR) is 42.6 cm³/mol. The van der Waals surface area contributed by atoms with Gasteiger partial charge in [-0.15, -0.1) is 0 Å². The smallest absolute Gasteiger partial charge is 0.0780 e. The molecule has 0 fully saturated rings. The fraction of sp³-hybridized carbons (Fsp3) is 0.333. The molecular weight excluding hydrogens is 249 g/mol. The lowest BCUT2D eigenvalue weighted by Crippen LogP contribution is -3.00. The van der Waals surface area contributed by atoms with E-state index < -0.39 is 0 Å². The molecule has 0 bridgehead atoms. The molecule has 1 aromatic carbocycles. The van der Waals surface area contributed by atoms with Gasteiger partial charge in [-0.25, -0.2) is 0 Å². The van der Waals surface area contributed by atoms with Crippen LogP contribution < -0.4 is 29.7 Å². The van der Waals surface area contributed by atoms with E-state index in [-0.39, 0.29) is 24.0 Å². The topological polar surface area (TPSA) is 27.6 Å². The van der Waals surface area contributed by atoms with Crippen molar-refractivity contribution in [2.75, 3.05) is 6.54 Å². The molecule has 0 unspecified atom stereocenters. The molecule has 2 heteroatoms. The third-order valence-electron chi connectivity index (χ3n) is 1.59. The molecule has 0 aliphatic rings. The van der Waals surface area contributed by atoms with Gasteiger partial charge in [-0.1, -0.05) is 29.8 Å². The highest BCUT2D eigenvalue weighted by atomic mass is 127. The minimum atomic E-state index is 0. The monoisotopic (exact) mass is 263 g/mol. The number of rotatable bonds is 2. The number of quaternary nitrogens is 1. The zero-order chi connectivity index (χ0) is 7.40. The minimum absolute atomic E-state index is 0. The van der Waals surface area contributed by atoms with Crippen molar-refractivity contribution in [3.63, 3.8) is 0 Å². The summed E-state index contributed by atoms with van der Waals surface area (Å²) in [6.45, 7) is 3.09. The number of benzene rings is 1. The Bertz CT molecular complexity index is 193. The Morgan fingerprint density at radius 3 is 2.18 bits per heavy atom. The second-order valence-electron chi connectivity index (χ2n) is 2.59. The Morgan fingerprint density at radius 1 is 1.18 bits per heavy atom. The van der Waals surface area contributed by atoms with Crippen LogP contribution in [-0.4, -0.2) is 6.54 Å². The van der Waals surface area contributed by atoms with Crippen LogP contribution >= 0.6 is 0 Å². The Kier molecular flexibility index (Phi) is 5.50. The zero-order valence-electron chi connectivity index (χ0n) is 6.81. The first-order valence-corrected chi connectivity index (χ1v) is 3.67. The van der Waals surface area contributed by atoms with Gasteiger partial charge in [0.25, 0.3) is 0 Å². The van der Waals surface area contributed by atoms with E-state index in [2.05, 4.69) is 36.9 Å². The van der Waals surface area contributed by atoms with Crippen LogP contribution in [0.2, 0.25) is 0 Å². The van der Waals surface area contributed by atoms with Crippen LogP contribution in [0.1, 0.15) is 11.1 Å². The standard InChI is InChI=1S/C9H13N.HI/c1-8-2-4-9(5-3-8)6-7-10;/h2-5H,6-7,10H2,1H3;1H. The second-order valence-corrected chi connectivity index (χ2v) is 2.59. The first-order chi connectivity index (χ1) is 4.83. The van der Waals surface area contributed by atoms with Crippen molar-refractivity contribution in [1.29, 1.82) is 0 Å². The Hall–Kier alpha value is -0.0900. The molecule has 0 saturated carbocycles. The largest absolute Gasteiger partial charge is 1.00 e. The summed E-state index contributed by atoms with van der Waals surface area (Å²) < 4.78 is 0. The summed E-state index contributed by atoms with van der Waals surface area (Å²) >= 11 is 0. The van der Waals surface area contributed by atoms with Crippen LogP contribution in [0.3, 0.4) is 0 Å². The molecule has 0 amide bonds. The van der Waals surface area contributed by atoms with E-state index >= 15 is 0 Å². The number of aryl methyl sites for hydroxylation is 1. The summed E-state index contributed by atoms with van der Waals surface area (Å²) in [7, 11) is 0. The van der Waals surface area contributed by atoms with E-state index in [9.17, 15) is 0 Å². The van der Waals surface area contributed by atoms with E-state index in [1.807, 2.05) is 0 Å². The van der Waals surface area contributed by atoms with Gasteiger partial charge in [-0.3, -0.25) is 0 Å². The first kappa shape index (κ1) is 10.9. The molecule has 0 aromatic heterocycles. The number of hydrogen-bond donors (Lipinski definition) is 1. The molecule has 1 aromatic rings. The molecule has 0 aliphatic heterocycles. The molecule has 1 nitrogen and oxygen atoms in total. The molecule has 0 radical (unpaired) electrons. The van der Waals surface area contributed by atoms with Gasteiger partial charge < -0.3 is 29.7 Å². The van der Waals surface area contributed by atoms with Crippen molar-refractivity contribution >= 4 is 0 Å². The van der Waals surface area contributed by atoms with Crippen LogP contribution in [0.15, 0.2) is 24.3 Å². The highest BCUT2D eigenvalue weighted by molar-refractivity contribution is 5.21. The Morgan fingerprint density at radius 2 is 1.73 bits per heavy atom. The average Bonchev–Trinajstić information content (AvgIpc) is 1.95. The van der Waals surface area contributed by atoms with E-state index in [0.29, 0.717) is 0 Å². The van der Waals surface area contributed by atoms with E-state index in [1.54, 1.807) is 0 Å². The fourth-order valence-corrected chi connectivity index (χ4v) is 0.959. The van der Waals surface area contributed by atoms with Crippen LogP contribution in [0.4, 0.5) is 0 Å². The van der Waals surface area contributed by atoms with E-state index in [1.165, 1.54) is 11.1 Å². The second kappa shape index (κ2) is 5.55. The summed E-state index contributed by atoms with van der Waals surface area (Å²) in [5, 5.41) is 0. The number of halogens is 1. The molecule has 62 valence electrons. The van der Waals surface area contributed by atoms with E-state index in [4.69, 9.17) is 0 Å². The molecule has 0 heterocycles. The van der Waals surface area contributed by atoms with E-state index in [0.717, 1.165) is 13.0 Å². The van der Waals surface area contributed by atoms with Gasteiger partial charge in [0.05, 0.1) is 6.54 Å². The fourth-order valence-electron chi connectivity index (χ4n) is 0.959. The molecule has 11 heavy (non-hydrogen) atoms. The van der Waals surface area contributed by atoms with Crippen molar-refractivity contribution in [2.45, 2.75) is 13.3 Å². The lowest BCUT2D eigenvalue weighted by molar-refractivity contribution is -0.366. The lowest BCUT2D eigenvalue weighted by Gasteiger charge is -1.96. The maximum atomic E-state index is 3.80. The quantitative estimate of drug-likeness (QED) is 0.586. The van der Waals surface area contributed by atoms with Crippen molar-refractivity contribution < 1.29 is 29.7 Å². The molecule has 1 rings (SSSR count). The summed E-state index contributed by atoms with van der Waals surface area (Å²) in [6, 6.07) is 8.62. The predicted octanol–water partition coefficient (Wildman–Crippen LogP) is -2.22. The third-order valence-corrected chi connectivity index (χ3v) is 1.59. The van der Waals surface area contributed by atoms with Gasteiger partial charge in [0.1, 0.15) is 0 Å². The molecule has 0 aliphatic carbocycles. The summed E-state index contributed by atoms with van der Waals surface area (Å²) in [5.41, 5.74) is 6.52. The first-order valence-electron chi connectivity index (χ1n) is 3.67. The van der Waals surface area contributed by atoms with Gasteiger partial charge in [-0.05, 0) is 12.5 Å². The van der Waals surface area contributed by atoms with Gasteiger partial charge in [-0.2, -0.15) is 0 Å². The molecule has 0 spiro atoms. The SMILES string of the molecule is Cc1ccc(CC[NH3+])cc1.[I-]. The molecule has 0 saturated heterocycles. The Balaban J connectivity index is 0.000001000. The summed E-state index contributed by atoms with van der Waals surface area (Å²) in [5.74, 6) is 0. The van der Waals surface area contributed by atoms with Crippen LogP contribution in [0, 0.1) is 6.92 Å². The molecular formula is C9H14IN. The van der Waals surface area contributed by atoms with Gasteiger partial charge in [0.2, 0.25) is 0 Å². The maximum Gasteiger partial charge on any atom is 0.0780 e. The lowest BCUT2D eigenvalue weighted by atomic mass is 10.1. The van der Waals surface area contributed by atoms with Crippen LogP contribution in [-0.2, 0) is 6.42 Å². The third kappa shape index (κ3) is 3.72. The Labute approximate surface area is 85.0 Å². The molecule has 3 N–H and O–H groups in total. The highest BCUT2D eigenvalue weighted by Gasteiger charge is 1.89. The number of hydrogen-bond acceptors (Lipinski definition) is 0. The highest BCUT2D eigenvalue weighted by Crippen LogP contribution is 2.02. The summed E-state index contributed by atoms with van der Waals surface area (Å²) in [4.78, 5) is 0. The van der Waals surface area contributed by atoms with Crippen LogP contribution in [0.5, 0.6) is 0 Å². The zero-order valence-corrected chi connectivity index (χ0v) is 8.97. The maximum absolute atomic E-state index is 3.80. The summed E-state index contributed by atoms with van der Waals surface area (Å²) in [6.07, 6.45) is 1.10. The minimum Gasteiger partial charge on any atom is -1.00 e. The van der Waals surface area contributed by atoms with Gasteiger partial charge in [0.15, 0.2) is 0 Å². The van der Waals surface area contributed by atoms with Crippen molar-refractivity contribution in [2.24, 2.45) is 0 Å². The van der Waals surface area contributed by atoms with Crippen molar-refractivity contribution in [1.82, 2.24) is 0 Å². The van der Waals surface area contributed by atoms with Gasteiger partial charge >= 0.3 is 0 Å². The normalized spacial score (nSPS) is 8.91. The average molecular weight is 263 g/mol. The van der Waals surface area contributed by atoms with Crippen molar-refractivity contribution in [3.05, 3.63) is 35.4 Å².